The predicted molar refractivity (Wildman–Crippen MR) is 71.4 cm³/mol. The van der Waals surface area contributed by atoms with Gasteiger partial charge in [-0.1, -0.05) is 6.07 Å². The fourth-order valence-electron chi connectivity index (χ4n) is 2.19. The lowest BCUT2D eigenvalue weighted by Gasteiger charge is -2.14. The molecule has 0 unspecified atom stereocenters. The molecule has 3 heteroatoms. The molecule has 1 aliphatic heterocycles. The Hall–Kier alpha value is -1.22. The number of ether oxygens (including phenoxy) is 1. The summed E-state index contributed by atoms with van der Waals surface area (Å²) < 4.78 is 5.69. The number of nitrogens with two attached hydrogens (primary N) is 1. The lowest BCUT2D eigenvalue weighted by molar-refractivity contribution is 0.263. The molecule has 1 saturated heterocycles. The van der Waals surface area contributed by atoms with Gasteiger partial charge in [-0.2, -0.15) is 0 Å². The lowest BCUT2D eigenvalue weighted by atomic mass is 10.2. The SMILES string of the molecule is Cc1ccc(OCCCN2CCCC2)cc1N. The van der Waals surface area contributed by atoms with Gasteiger partial charge in [0.15, 0.2) is 0 Å². The maximum atomic E-state index is 5.84. The Morgan fingerprint density at radius 1 is 1.29 bits per heavy atom. The first-order chi connectivity index (χ1) is 8.25. The molecule has 0 atom stereocenters. The molecule has 2 rings (SSSR count). The van der Waals surface area contributed by atoms with Crippen LogP contribution in [0.5, 0.6) is 5.75 Å². The Bertz CT molecular complexity index is 359. The third-order valence-corrected chi connectivity index (χ3v) is 3.34. The highest BCUT2D eigenvalue weighted by molar-refractivity contribution is 5.50. The minimum absolute atomic E-state index is 0.777. The van der Waals surface area contributed by atoms with Crippen LogP contribution in [-0.4, -0.2) is 31.1 Å². The van der Waals surface area contributed by atoms with E-state index >= 15 is 0 Å². The van der Waals surface area contributed by atoms with Gasteiger partial charge in [0, 0.05) is 18.3 Å². The van der Waals surface area contributed by atoms with Crippen molar-refractivity contribution in [3.05, 3.63) is 23.8 Å². The average molecular weight is 234 g/mol. The molecule has 17 heavy (non-hydrogen) atoms. The van der Waals surface area contributed by atoms with Gasteiger partial charge in [-0.05, 0) is 50.9 Å². The number of benzene rings is 1. The first-order valence-corrected chi connectivity index (χ1v) is 6.47. The summed E-state index contributed by atoms with van der Waals surface area (Å²) in [6.07, 6.45) is 3.80. The van der Waals surface area contributed by atoms with E-state index in [-0.39, 0.29) is 0 Å². The van der Waals surface area contributed by atoms with Gasteiger partial charge < -0.3 is 15.4 Å². The molecule has 1 aliphatic rings. The third-order valence-electron chi connectivity index (χ3n) is 3.34. The second kappa shape index (κ2) is 5.92. The van der Waals surface area contributed by atoms with Crippen molar-refractivity contribution in [3.63, 3.8) is 0 Å². The van der Waals surface area contributed by atoms with Crippen molar-refractivity contribution in [2.24, 2.45) is 0 Å². The Balaban J connectivity index is 1.68. The number of aryl methyl sites for hydroxylation is 1. The van der Waals surface area contributed by atoms with E-state index < -0.39 is 0 Å². The summed E-state index contributed by atoms with van der Waals surface area (Å²) in [6.45, 7) is 6.46. The number of nitrogens with zero attached hydrogens (tertiary/aromatic N) is 1. The molecule has 2 N–H and O–H groups in total. The molecule has 3 nitrogen and oxygen atoms in total. The van der Waals surface area contributed by atoms with Gasteiger partial charge in [0.05, 0.1) is 6.61 Å². The molecule has 0 aromatic heterocycles. The summed E-state index contributed by atoms with van der Waals surface area (Å²) in [5, 5.41) is 0. The van der Waals surface area contributed by atoms with Gasteiger partial charge in [0.25, 0.3) is 0 Å². The van der Waals surface area contributed by atoms with Gasteiger partial charge in [-0.3, -0.25) is 0 Å². The van der Waals surface area contributed by atoms with Gasteiger partial charge in [-0.25, -0.2) is 0 Å². The molecule has 0 saturated carbocycles. The predicted octanol–water partition coefficient (Wildman–Crippen LogP) is 2.44. The molecule has 1 fully saturated rings. The molecular formula is C14H22N2O. The standard InChI is InChI=1S/C14H22N2O/c1-12-5-6-13(11-14(12)15)17-10-4-9-16-7-2-3-8-16/h5-6,11H,2-4,7-10,15H2,1H3. The molecule has 0 amide bonds. The van der Waals surface area contributed by atoms with Gasteiger partial charge in [0.1, 0.15) is 5.75 Å². The normalized spacial score (nSPS) is 16.3. The fourth-order valence-corrected chi connectivity index (χ4v) is 2.19. The molecule has 0 radical (unpaired) electrons. The highest BCUT2D eigenvalue weighted by Crippen LogP contribution is 2.19. The summed E-state index contributed by atoms with van der Waals surface area (Å²) in [4.78, 5) is 2.51. The molecule has 94 valence electrons. The van der Waals surface area contributed by atoms with Crippen LogP contribution in [0, 0.1) is 6.92 Å². The van der Waals surface area contributed by atoms with E-state index in [0.29, 0.717) is 0 Å². The van der Waals surface area contributed by atoms with Gasteiger partial charge in [0.2, 0.25) is 0 Å². The van der Waals surface area contributed by atoms with E-state index in [1.807, 2.05) is 25.1 Å². The van der Waals surface area contributed by atoms with Crippen molar-refractivity contribution in [1.29, 1.82) is 0 Å². The first kappa shape index (κ1) is 12.2. The van der Waals surface area contributed by atoms with E-state index in [9.17, 15) is 0 Å². The van der Waals surface area contributed by atoms with Gasteiger partial charge >= 0.3 is 0 Å². The number of hydrogen-bond acceptors (Lipinski definition) is 3. The Labute approximate surface area is 104 Å². The average Bonchev–Trinajstić information content (AvgIpc) is 2.82. The quantitative estimate of drug-likeness (QED) is 0.628. The van der Waals surface area contributed by atoms with Crippen LogP contribution in [0.2, 0.25) is 0 Å². The Kier molecular flexibility index (Phi) is 4.26. The summed E-state index contributed by atoms with van der Waals surface area (Å²) in [5.74, 6) is 0.884. The van der Waals surface area contributed by atoms with E-state index in [2.05, 4.69) is 4.90 Å². The maximum absolute atomic E-state index is 5.84. The number of hydrogen-bond donors (Lipinski definition) is 1. The summed E-state index contributed by atoms with van der Waals surface area (Å²) in [5.41, 5.74) is 7.75. The highest BCUT2D eigenvalue weighted by Gasteiger charge is 2.10. The van der Waals surface area contributed by atoms with Crippen molar-refractivity contribution in [2.75, 3.05) is 32.0 Å². The minimum Gasteiger partial charge on any atom is -0.493 e. The zero-order valence-corrected chi connectivity index (χ0v) is 10.6. The van der Waals surface area contributed by atoms with Crippen molar-refractivity contribution in [2.45, 2.75) is 26.2 Å². The molecule has 1 heterocycles. The van der Waals surface area contributed by atoms with Gasteiger partial charge in [-0.15, -0.1) is 0 Å². The summed E-state index contributed by atoms with van der Waals surface area (Å²) >= 11 is 0. The summed E-state index contributed by atoms with van der Waals surface area (Å²) in [7, 11) is 0. The zero-order chi connectivity index (χ0) is 12.1. The maximum Gasteiger partial charge on any atom is 0.121 e. The van der Waals surface area contributed by atoms with Crippen LogP contribution in [0.15, 0.2) is 18.2 Å². The van der Waals surface area contributed by atoms with Crippen LogP contribution in [-0.2, 0) is 0 Å². The number of likely N-dealkylation sites (tertiary alicyclic amines) is 1. The van der Waals surface area contributed by atoms with Crippen molar-refractivity contribution >= 4 is 5.69 Å². The molecule has 0 bridgehead atoms. The zero-order valence-electron chi connectivity index (χ0n) is 10.6. The van der Waals surface area contributed by atoms with E-state index in [1.165, 1.54) is 25.9 Å². The second-order valence-corrected chi connectivity index (χ2v) is 4.77. The van der Waals surface area contributed by atoms with Crippen LogP contribution >= 0.6 is 0 Å². The number of anilines is 1. The third kappa shape index (κ3) is 3.63. The largest absolute Gasteiger partial charge is 0.493 e. The van der Waals surface area contributed by atoms with E-state index in [1.54, 1.807) is 0 Å². The smallest absolute Gasteiger partial charge is 0.121 e. The van der Waals surface area contributed by atoms with Crippen molar-refractivity contribution in [3.8, 4) is 5.75 Å². The number of rotatable bonds is 5. The molecule has 1 aromatic rings. The Morgan fingerprint density at radius 2 is 2.06 bits per heavy atom. The molecule has 1 aromatic carbocycles. The highest BCUT2D eigenvalue weighted by atomic mass is 16.5. The monoisotopic (exact) mass is 234 g/mol. The topological polar surface area (TPSA) is 38.5 Å². The molecule has 0 aliphatic carbocycles. The van der Waals surface area contributed by atoms with Crippen molar-refractivity contribution in [1.82, 2.24) is 4.90 Å². The van der Waals surface area contributed by atoms with Crippen LogP contribution < -0.4 is 10.5 Å². The first-order valence-electron chi connectivity index (χ1n) is 6.47. The fraction of sp³-hybridized carbons (Fsp3) is 0.571. The molecule has 0 spiro atoms. The Morgan fingerprint density at radius 3 is 2.76 bits per heavy atom. The van der Waals surface area contributed by atoms with Crippen LogP contribution in [0.3, 0.4) is 0 Å². The van der Waals surface area contributed by atoms with E-state index in [0.717, 1.165) is 36.6 Å². The molecular weight excluding hydrogens is 212 g/mol. The lowest BCUT2D eigenvalue weighted by Crippen LogP contribution is -2.21. The van der Waals surface area contributed by atoms with Crippen LogP contribution in [0.4, 0.5) is 5.69 Å². The van der Waals surface area contributed by atoms with Crippen molar-refractivity contribution < 1.29 is 4.74 Å². The van der Waals surface area contributed by atoms with E-state index in [4.69, 9.17) is 10.5 Å². The second-order valence-electron chi connectivity index (χ2n) is 4.77. The van der Waals surface area contributed by atoms with Crippen LogP contribution in [0.25, 0.3) is 0 Å². The van der Waals surface area contributed by atoms with Crippen LogP contribution in [0.1, 0.15) is 24.8 Å². The minimum atomic E-state index is 0.777. The summed E-state index contributed by atoms with van der Waals surface area (Å²) in [6, 6.07) is 5.90. The number of nitrogen functional groups attached to an aromatic ring is 1.